The molecule has 3 heterocycles. The van der Waals surface area contributed by atoms with E-state index in [2.05, 4.69) is 10.3 Å². The van der Waals surface area contributed by atoms with E-state index >= 15 is 0 Å². The van der Waals surface area contributed by atoms with Crippen molar-refractivity contribution in [2.24, 2.45) is 0 Å². The summed E-state index contributed by atoms with van der Waals surface area (Å²) in [5.41, 5.74) is -0.584. The average molecular weight is 303 g/mol. The van der Waals surface area contributed by atoms with Crippen molar-refractivity contribution in [3.05, 3.63) is 29.1 Å². The van der Waals surface area contributed by atoms with Gasteiger partial charge in [-0.3, -0.25) is 29.4 Å². The average Bonchev–Trinajstić information content (AvgIpc) is 2.71. The van der Waals surface area contributed by atoms with Crippen LogP contribution in [0.1, 0.15) is 44.0 Å². The fourth-order valence-corrected chi connectivity index (χ4v) is 2.46. The van der Waals surface area contributed by atoms with Crippen molar-refractivity contribution in [2.75, 3.05) is 0 Å². The zero-order valence-electron chi connectivity index (χ0n) is 11.0. The van der Waals surface area contributed by atoms with Gasteiger partial charge in [0.2, 0.25) is 11.8 Å². The van der Waals surface area contributed by atoms with Crippen molar-refractivity contribution in [3.63, 3.8) is 0 Å². The molecule has 2 aliphatic heterocycles. The topological polar surface area (TPSA) is 134 Å². The van der Waals surface area contributed by atoms with Crippen LogP contribution < -0.4 is 5.32 Å². The molecule has 9 heteroatoms. The number of carbonyl (C=O) groups excluding carboxylic acids is 4. The number of imide groups is 2. The Balaban J connectivity index is 1.98. The SMILES string of the molecule is O=C1CCC(N2C(=O)c3cc(C(=O)O)cnc3C2=O)C(=O)N1. The minimum absolute atomic E-state index is 0.0115. The molecule has 4 amide bonds. The van der Waals surface area contributed by atoms with Crippen LogP contribution in [0.2, 0.25) is 0 Å². The summed E-state index contributed by atoms with van der Waals surface area (Å²) >= 11 is 0. The molecular weight excluding hydrogens is 294 g/mol. The van der Waals surface area contributed by atoms with Crippen LogP contribution in [0.25, 0.3) is 0 Å². The molecule has 1 fully saturated rings. The quantitative estimate of drug-likeness (QED) is 0.682. The number of aromatic carboxylic acids is 1. The number of fused-ring (bicyclic) bond motifs is 1. The first-order chi connectivity index (χ1) is 10.4. The van der Waals surface area contributed by atoms with Crippen LogP contribution in [-0.2, 0) is 9.59 Å². The monoisotopic (exact) mass is 303 g/mol. The Morgan fingerprint density at radius 1 is 1.27 bits per heavy atom. The number of carboxylic acid groups (broad SMARTS) is 1. The minimum atomic E-state index is -1.28. The summed E-state index contributed by atoms with van der Waals surface area (Å²) in [5.74, 6) is -4.04. The molecule has 2 aliphatic rings. The number of carbonyl (C=O) groups is 5. The van der Waals surface area contributed by atoms with Crippen LogP contribution in [0, 0.1) is 0 Å². The van der Waals surface area contributed by atoms with Crippen molar-refractivity contribution < 1.29 is 29.1 Å². The Morgan fingerprint density at radius 3 is 2.64 bits per heavy atom. The molecule has 112 valence electrons. The predicted molar refractivity (Wildman–Crippen MR) is 67.9 cm³/mol. The molecular formula is C13H9N3O6. The number of pyridine rings is 1. The van der Waals surface area contributed by atoms with E-state index in [1.165, 1.54) is 0 Å². The highest BCUT2D eigenvalue weighted by Gasteiger charge is 2.45. The Morgan fingerprint density at radius 2 is 2.00 bits per heavy atom. The van der Waals surface area contributed by atoms with Crippen LogP contribution in [0.15, 0.2) is 12.3 Å². The zero-order chi connectivity index (χ0) is 16.0. The maximum atomic E-state index is 12.3. The second-order valence-electron chi connectivity index (χ2n) is 4.87. The van der Waals surface area contributed by atoms with E-state index in [1.54, 1.807) is 0 Å². The van der Waals surface area contributed by atoms with Gasteiger partial charge in [-0.15, -0.1) is 0 Å². The van der Waals surface area contributed by atoms with Crippen molar-refractivity contribution in [2.45, 2.75) is 18.9 Å². The van der Waals surface area contributed by atoms with Crippen molar-refractivity contribution in [1.82, 2.24) is 15.2 Å². The number of aromatic nitrogens is 1. The lowest BCUT2D eigenvalue weighted by molar-refractivity contribution is -0.136. The minimum Gasteiger partial charge on any atom is -0.478 e. The summed E-state index contributed by atoms with van der Waals surface area (Å²) in [4.78, 5) is 62.9. The lowest BCUT2D eigenvalue weighted by Gasteiger charge is -2.27. The van der Waals surface area contributed by atoms with Gasteiger partial charge in [0.1, 0.15) is 11.7 Å². The Bertz CT molecular complexity index is 756. The Kier molecular flexibility index (Phi) is 2.98. The van der Waals surface area contributed by atoms with Crippen LogP contribution >= 0.6 is 0 Å². The summed E-state index contributed by atoms with van der Waals surface area (Å²) in [5, 5.41) is 11.0. The number of nitrogens with zero attached hydrogens (tertiary/aromatic N) is 2. The molecule has 0 aliphatic carbocycles. The number of hydrogen-bond acceptors (Lipinski definition) is 6. The highest BCUT2D eigenvalue weighted by Crippen LogP contribution is 2.26. The fraction of sp³-hybridized carbons (Fsp3) is 0.231. The first-order valence-corrected chi connectivity index (χ1v) is 6.35. The summed E-state index contributed by atoms with van der Waals surface area (Å²) in [6.45, 7) is 0. The number of amides is 4. The van der Waals surface area contributed by atoms with E-state index in [0.29, 0.717) is 0 Å². The third-order valence-electron chi connectivity index (χ3n) is 3.53. The largest absolute Gasteiger partial charge is 0.478 e. The fourth-order valence-electron chi connectivity index (χ4n) is 2.46. The number of carboxylic acids is 1. The van der Waals surface area contributed by atoms with Crippen molar-refractivity contribution in [1.29, 1.82) is 0 Å². The molecule has 1 unspecified atom stereocenters. The molecule has 2 N–H and O–H groups in total. The van der Waals surface area contributed by atoms with Gasteiger partial charge in [0, 0.05) is 12.6 Å². The van der Waals surface area contributed by atoms with Gasteiger partial charge in [0.05, 0.1) is 11.1 Å². The lowest BCUT2D eigenvalue weighted by atomic mass is 10.0. The van der Waals surface area contributed by atoms with Gasteiger partial charge >= 0.3 is 5.97 Å². The summed E-state index contributed by atoms with van der Waals surface area (Å²) < 4.78 is 0. The zero-order valence-corrected chi connectivity index (χ0v) is 11.0. The molecule has 1 aromatic rings. The lowest BCUT2D eigenvalue weighted by Crippen LogP contribution is -2.54. The second kappa shape index (κ2) is 4.72. The third kappa shape index (κ3) is 1.94. The smallest absolute Gasteiger partial charge is 0.337 e. The van der Waals surface area contributed by atoms with E-state index in [4.69, 9.17) is 5.11 Å². The van der Waals surface area contributed by atoms with E-state index in [9.17, 15) is 24.0 Å². The number of rotatable bonds is 2. The predicted octanol–water partition coefficient (Wildman–Crippen LogP) is -0.819. The second-order valence-corrected chi connectivity index (χ2v) is 4.87. The number of hydrogen-bond donors (Lipinski definition) is 2. The molecule has 9 nitrogen and oxygen atoms in total. The van der Waals surface area contributed by atoms with Gasteiger partial charge in [-0.25, -0.2) is 9.78 Å². The molecule has 0 bridgehead atoms. The van der Waals surface area contributed by atoms with Gasteiger partial charge in [0.25, 0.3) is 11.8 Å². The van der Waals surface area contributed by atoms with E-state index in [0.717, 1.165) is 17.2 Å². The summed E-state index contributed by atoms with van der Waals surface area (Å²) in [7, 11) is 0. The first-order valence-electron chi connectivity index (χ1n) is 6.35. The molecule has 1 saturated heterocycles. The number of piperidine rings is 1. The molecule has 1 atom stereocenters. The van der Waals surface area contributed by atoms with Crippen molar-refractivity contribution >= 4 is 29.6 Å². The highest BCUT2D eigenvalue weighted by atomic mass is 16.4. The van der Waals surface area contributed by atoms with E-state index in [1.807, 2.05) is 0 Å². The van der Waals surface area contributed by atoms with Gasteiger partial charge in [-0.2, -0.15) is 0 Å². The summed E-state index contributed by atoms with van der Waals surface area (Å²) in [6, 6.07) is -0.0447. The first kappa shape index (κ1) is 13.9. The molecule has 0 radical (unpaired) electrons. The standard InChI is InChI=1S/C13H9N3O6/c17-8-2-1-7(10(18)15-8)16-11(19)6-3-5(13(21)22)4-14-9(6)12(16)20/h3-4,7H,1-2H2,(H,21,22)(H,15,17,18). The van der Waals surface area contributed by atoms with Gasteiger partial charge < -0.3 is 5.11 Å². The van der Waals surface area contributed by atoms with Crippen LogP contribution in [0.3, 0.4) is 0 Å². The van der Waals surface area contributed by atoms with Crippen LogP contribution in [0.4, 0.5) is 0 Å². The molecule has 0 spiro atoms. The van der Waals surface area contributed by atoms with Crippen molar-refractivity contribution in [3.8, 4) is 0 Å². The molecule has 0 saturated carbocycles. The Hall–Kier alpha value is -3.10. The molecule has 1 aromatic heterocycles. The van der Waals surface area contributed by atoms with E-state index < -0.39 is 35.6 Å². The van der Waals surface area contributed by atoms with Crippen LogP contribution in [0.5, 0.6) is 0 Å². The summed E-state index contributed by atoms with van der Waals surface area (Å²) in [6.07, 6.45) is 1.01. The normalized spacial score (nSPS) is 20.9. The van der Waals surface area contributed by atoms with Crippen LogP contribution in [-0.4, -0.2) is 50.6 Å². The highest BCUT2D eigenvalue weighted by molar-refractivity contribution is 6.23. The van der Waals surface area contributed by atoms with Gasteiger partial charge in [-0.1, -0.05) is 0 Å². The molecule has 0 aromatic carbocycles. The molecule has 22 heavy (non-hydrogen) atoms. The maximum Gasteiger partial charge on any atom is 0.337 e. The third-order valence-corrected chi connectivity index (χ3v) is 3.53. The molecule has 3 rings (SSSR count). The Labute approximate surface area is 122 Å². The maximum absolute atomic E-state index is 12.3. The number of nitrogens with one attached hydrogen (secondary N) is 1. The van der Waals surface area contributed by atoms with Gasteiger partial charge in [0.15, 0.2) is 0 Å². The van der Waals surface area contributed by atoms with E-state index in [-0.39, 0.29) is 29.7 Å². The van der Waals surface area contributed by atoms with Gasteiger partial charge in [-0.05, 0) is 12.5 Å².